The van der Waals surface area contributed by atoms with Crippen LogP contribution in [0.3, 0.4) is 0 Å². The minimum atomic E-state index is -4.45. The van der Waals surface area contributed by atoms with Crippen molar-refractivity contribution in [3.05, 3.63) is 29.8 Å². The minimum Gasteiger partial charge on any atom is -0.246 e. The lowest BCUT2D eigenvalue weighted by Gasteiger charge is -2.17. The van der Waals surface area contributed by atoms with E-state index in [1.54, 1.807) is 0 Å². The van der Waals surface area contributed by atoms with Crippen LogP contribution >= 0.6 is 11.6 Å². The van der Waals surface area contributed by atoms with E-state index in [-0.39, 0.29) is 18.2 Å². The van der Waals surface area contributed by atoms with Gasteiger partial charge in [-0.15, -0.1) is 16.8 Å². The number of benzene rings is 1. The van der Waals surface area contributed by atoms with Crippen LogP contribution in [-0.4, -0.2) is 18.2 Å². The maximum Gasteiger partial charge on any atom is 0.418 e. The Bertz CT molecular complexity index is 447. The van der Waals surface area contributed by atoms with E-state index in [1.165, 1.54) is 18.2 Å². The van der Waals surface area contributed by atoms with Crippen LogP contribution in [0.5, 0.6) is 0 Å². The molecule has 0 saturated carbocycles. The fourth-order valence-electron chi connectivity index (χ4n) is 1.39. The summed E-state index contributed by atoms with van der Waals surface area (Å²) in [4.78, 5) is 5.02. The molecule has 0 saturated heterocycles. The van der Waals surface area contributed by atoms with Crippen molar-refractivity contribution in [1.29, 1.82) is 0 Å². The van der Waals surface area contributed by atoms with Gasteiger partial charge in [-0.1, -0.05) is 12.1 Å². The fraction of sp³-hybridized carbons (Fsp3) is 0.300. The van der Waals surface area contributed by atoms with Gasteiger partial charge < -0.3 is 0 Å². The number of hydrazone groups is 1. The quantitative estimate of drug-likeness (QED) is 0.767. The van der Waals surface area contributed by atoms with Crippen LogP contribution in [0.25, 0.3) is 0 Å². The summed E-state index contributed by atoms with van der Waals surface area (Å²) < 4.78 is 38.2. The van der Waals surface area contributed by atoms with E-state index in [0.29, 0.717) is 5.71 Å². The summed E-state index contributed by atoms with van der Waals surface area (Å²) in [5.74, 6) is 0.130. The fourth-order valence-corrected chi connectivity index (χ4v) is 1.52. The summed E-state index contributed by atoms with van der Waals surface area (Å²) in [6.07, 6.45) is -4.45. The van der Waals surface area contributed by atoms with Crippen LogP contribution in [0.1, 0.15) is 5.56 Å². The molecule has 7 heteroatoms. The van der Waals surface area contributed by atoms with Crippen LogP contribution in [0, 0.1) is 0 Å². The van der Waals surface area contributed by atoms with E-state index >= 15 is 0 Å². The maximum absolute atomic E-state index is 12.7. The number of para-hydroxylation sites is 1. The molecule has 0 unspecified atom stereocenters. The van der Waals surface area contributed by atoms with Gasteiger partial charge in [-0.2, -0.15) is 18.3 Å². The van der Waals surface area contributed by atoms with Gasteiger partial charge in [-0.05, 0) is 12.1 Å². The number of hydrogen-bond acceptors (Lipinski definition) is 3. The first kappa shape index (κ1) is 12.2. The van der Waals surface area contributed by atoms with Gasteiger partial charge in [0.2, 0.25) is 0 Å². The van der Waals surface area contributed by atoms with E-state index in [1.807, 2.05) is 0 Å². The van der Waals surface area contributed by atoms with Crippen molar-refractivity contribution < 1.29 is 18.0 Å². The van der Waals surface area contributed by atoms with Crippen LogP contribution < -0.4 is 5.17 Å². The molecule has 0 spiro atoms. The number of halogens is 4. The van der Waals surface area contributed by atoms with E-state index in [0.717, 1.165) is 11.2 Å². The lowest BCUT2D eigenvalue weighted by Crippen LogP contribution is -2.17. The highest BCUT2D eigenvalue weighted by molar-refractivity contribution is 6.29. The zero-order chi connectivity index (χ0) is 12.5. The standard InChI is InChI=1S/C10H8ClF3N2O/c11-5-7-6-17-16(15-7)9-4-2-1-3-8(9)10(12,13)14/h1-4H,5-6H2. The lowest BCUT2D eigenvalue weighted by atomic mass is 10.2. The van der Waals surface area contributed by atoms with E-state index < -0.39 is 11.7 Å². The first-order valence-electron chi connectivity index (χ1n) is 4.74. The summed E-state index contributed by atoms with van der Waals surface area (Å²) in [5, 5.41) is 4.71. The molecular formula is C10H8ClF3N2O. The average Bonchev–Trinajstić information content (AvgIpc) is 2.76. The highest BCUT2D eigenvalue weighted by atomic mass is 35.5. The molecule has 0 aliphatic carbocycles. The third-order valence-corrected chi connectivity index (χ3v) is 2.46. The van der Waals surface area contributed by atoms with Crippen molar-refractivity contribution in [3.63, 3.8) is 0 Å². The summed E-state index contributed by atoms with van der Waals surface area (Å²) in [5.41, 5.74) is -0.441. The van der Waals surface area contributed by atoms with Crippen molar-refractivity contribution in [1.82, 2.24) is 0 Å². The SMILES string of the molecule is FC(F)(F)c1ccccc1N1N=C(CCl)CO1. The first-order valence-corrected chi connectivity index (χ1v) is 5.27. The van der Waals surface area contributed by atoms with E-state index in [2.05, 4.69) is 5.10 Å². The molecule has 1 aromatic rings. The van der Waals surface area contributed by atoms with Crippen molar-refractivity contribution >= 4 is 23.0 Å². The van der Waals surface area contributed by atoms with Gasteiger partial charge >= 0.3 is 6.18 Å². The molecule has 17 heavy (non-hydrogen) atoms. The Hall–Kier alpha value is -1.27. The Kier molecular flexibility index (Phi) is 3.26. The highest BCUT2D eigenvalue weighted by Crippen LogP contribution is 2.37. The minimum absolute atomic E-state index is 0.107. The van der Waals surface area contributed by atoms with Crippen LogP contribution in [0.15, 0.2) is 29.4 Å². The topological polar surface area (TPSA) is 24.8 Å². The smallest absolute Gasteiger partial charge is 0.246 e. The average molecular weight is 265 g/mol. The zero-order valence-electron chi connectivity index (χ0n) is 8.54. The van der Waals surface area contributed by atoms with Gasteiger partial charge in [0.05, 0.1) is 17.2 Å². The van der Waals surface area contributed by atoms with Gasteiger partial charge in [-0.3, -0.25) is 0 Å². The Labute approximate surface area is 100 Å². The summed E-state index contributed by atoms with van der Waals surface area (Å²) in [6, 6.07) is 5.08. The maximum atomic E-state index is 12.7. The predicted octanol–water partition coefficient (Wildman–Crippen LogP) is 3.05. The molecule has 0 atom stereocenters. The summed E-state index contributed by atoms with van der Waals surface area (Å²) in [7, 11) is 0. The van der Waals surface area contributed by atoms with Gasteiger partial charge in [0.15, 0.2) is 0 Å². The van der Waals surface area contributed by atoms with Crippen LogP contribution in [0.4, 0.5) is 18.9 Å². The molecule has 0 amide bonds. The Morgan fingerprint density at radius 2 is 2.06 bits per heavy atom. The molecule has 0 radical (unpaired) electrons. The first-order chi connectivity index (χ1) is 8.02. The van der Waals surface area contributed by atoms with Gasteiger partial charge in [-0.25, -0.2) is 4.84 Å². The van der Waals surface area contributed by atoms with Crippen molar-refractivity contribution in [2.75, 3.05) is 17.7 Å². The molecule has 92 valence electrons. The molecule has 0 N–H and O–H groups in total. The predicted molar refractivity (Wildman–Crippen MR) is 58.0 cm³/mol. The molecule has 0 aromatic heterocycles. The largest absolute Gasteiger partial charge is 0.418 e. The molecular weight excluding hydrogens is 257 g/mol. The number of alkyl halides is 4. The van der Waals surface area contributed by atoms with Crippen molar-refractivity contribution in [3.8, 4) is 0 Å². The van der Waals surface area contributed by atoms with Crippen LogP contribution in [0.2, 0.25) is 0 Å². The molecule has 1 aliphatic rings. The van der Waals surface area contributed by atoms with Gasteiger partial charge in [0, 0.05) is 0 Å². The third-order valence-electron chi connectivity index (χ3n) is 2.16. The second kappa shape index (κ2) is 4.54. The summed E-state index contributed by atoms with van der Waals surface area (Å²) >= 11 is 5.53. The Balaban J connectivity index is 2.37. The molecule has 0 bridgehead atoms. The zero-order valence-corrected chi connectivity index (χ0v) is 9.29. The molecule has 1 heterocycles. The Morgan fingerprint density at radius 3 is 2.65 bits per heavy atom. The second-order valence-electron chi connectivity index (χ2n) is 3.36. The molecule has 2 rings (SSSR count). The number of anilines is 1. The number of hydrogen-bond donors (Lipinski definition) is 0. The molecule has 0 fully saturated rings. The molecule has 3 nitrogen and oxygen atoms in total. The highest BCUT2D eigenvalue weighted by Gasteiger charge is 2.35. The molecule has 1 aromatic carbocycles. The summed E-state index contributed by atoms with van der Waals surface area (Å²) in [6.45, 7) is 0.107. The third kappa shape index (κ3) is 2.53. The van der Waals surface area contributed by atoms with Gasteiger partial charge in [0.1, 0.15) is 12.3 Å². The van der Waals surface area contributed by atoms with Crippen molar-refractivity contribution in [2.45, 2.75) is 6.18 Å². The van der Waals surface area contributed by atoms with E-state index in [4.69, 9.17) is 16.4 Å². The van der Waals surface area contributed by atoms with Crippen molar-refractivity contribution in [2.24, 2.45) is 5.10 Å². The second-order valence-corrected chi connectivity index (χ2v) is 3.63. The monoisotopic (exact) mass is 264 g/mol. The number of rotatable bonds is 2. The van der Waals surface area contributed by atoms with Crippen LogP contribution in [-0.2, 0) is 11.0 Å². The normalized spacial score (nSPS) is 16.2. The lowest BCUT2D eigenvalue weighted by molar-refractivity contribution is -0.137. The Morgan fingerprint density at radius 1 is 1.35 bits per heavy atom. The van der Waals surface area contributed by atoms with E-state index in [9.17, 15) is 13.2 Å². The molecule has 1 aliphatic heterocycles. The number of nitrogens with zero attached hydrogens (tertiary/aromatic N) is 2. The van der Waals surface area contributed by atoms with Gasteiger partial charge in [0.25, 0.3) is 0 Å².